The summed E-state index contributed by atoms with van der Waals surface area (Å²) < 4.78 is 14.1. The molecule has 5 rings (SSSR count). The summed E-state index contributed by atoms with van der Waals surface area (Å²) in [5.41, 5.74) is 17.1. The highest BCUT2D eigenvalue weighted by Crippen LogP contribution is 2.34. The number of nitrogens with one attached hydrogen (secondary N) is 1. The van der Waals surface area contributed by atoms with Crippen LogP contribution >= 0.6 is 0 Å². The van der Waals surface area contributed by atoms with Crippen LogP contribution in [0.15, 0.2) is 49.1 Å². The second-order valence-corrected chi connectivity index (χ2v) is 8.46. The van der Waals surface area contributed by atoms with Gasteiger partial charge in [-0.15, -0.1) is 0 Å². The van der Waals surface area contributed by atoms with Crippen LogP contribution in [-0.2, 0) is 6.54 Å². The van der Waals surface area contributed by atoms with Crippen molar-refractivity contribution in [2.24, 2.45) is 5.73 Å². The van der Waals surface area contributed by atoms with Crippen LogP contribution in [0.3, 0.4) is 0 Å². The third-order valence-electron chi connectivity index (χ3n) is 5.80. The van der Waals surface area contributed by atoms with Gasteiger partial charge in [0.15, 0.2) is 0 Å². The predicted octanol–water partition coefficient (Wildman–Crippen LogP) is 3.15. The van der Waals surface area contributed by atoms with Crippen molar-refractivity contribution in [2.45, 2.75) is 32.4 Å². The molecule has 10 heteroatoms. The molecule has 0 bridgehead atoms. The maximum atomic E-state index is 12.6. The number of aromatic amines is 1. The molecule has 4 heterocycles. The average molecular weight is 466 g/mol. The highest BCUT2D eigenvalue weighted by Gasteiger charge is 2.22. The number of carboxylic acid groups (broad SMARTS) is 1. The number of pyridine rings is 1. The molecule has 1 aromatic carbocycles. The van der Waals surface area contributed by atoms with Gasteiger partial charge in [0.25, 0.3) is 0 Å². The number of halogens is 1. The van der Waals surface area contributed by atoms with E-state index < -0.39 is 5.97 Å². The zero-order valence-electron chi connectivity index (χ0n) is 18.9. The lowest BCUT2D eigenvalue weighted by atomic mass is 10.0. The molecule has 0 spiro atoms. The smallest absolute Gasteiger partial charge is 0.338 e. The molecule has 0 unspecified atom stereocenters. The highest BCUT2D eigenvalue weighted by atomic mass is 19.1. The Labute approximate surface area is 196 Å². The summed E-state index contributed by atoms with van der Waals surface area (Å²) in [7, 11) is 0. The summed E-state index contributed by atoms with van der Waals surface area (Å²) in [6.07, 6.45) is 8.66. The van der Waals surface area contributed by atoms with Crippen LogP contribution in [0.25, 0.3) is 11.0 Å². The number of nitrogen functional groups attached to an aromatic ring is 1. The van der Waals surface area contributed by atoms with Gasteiger partial charge in [-0.1, -0.05) is 12.1 Å². The summed E-state index contributed by atoms with van der Waals surface area (Å²) >= 11 is 0. The van der Waals surface area contributed by atoms with Crippen molar-refractivity contribution in [3.8, 4) is 0 Å². The van der Waals surface area contributed by atoms with Gasteiger partial charge in [-0.2, -0.15) is 5.10 Å². The van der Waals surface area contributed by atoms with Crippen molar-refractivity contribution >= 4 is 28.4 Å². The fourth-order valence-corrected chi connectivity index (χ4v) is 4.16. The van der Waals surface area contributed by atoms with Gasteiger partial charge >= 0.3 is 5.97 Å². The Hall–Kier alpha value is -3.92. The van der Waals surface area contributed by atoms with Crippen molar-refractivity contribution < 1.29 is 14.3 Å². The number of H-pyrrole nitrogens is 1. The van der Waals surface area contributed by atoms with Crippen LogP contribution in [0.1, 0.15) is 34.3 Å². The van der Waals surface area contributed by atoms with Gasteiger partial charge in [-0.05, 0) is 43.0 Å². The molecule has 34 heavy (non-hydrogen) atoms. The molecular weight excluding hydrogens is 437 g/mol. The minimum absolute atomic E-state index is 0.141. The number of aromatic nitrogens is 4. The number of carbonyl (C=O) groups is 1. The second-order valence-electron chi connectivity index (χ2n) is 8.46. The number of anilines is 2. The number of hydrogen-bond acceptors (Lipinski definition) is 6. The van der Waals surface area contributed by atoms with E-state index in [1.807, 2.05) is 12.4 Å². The molecule has 9 nitrogen and oxygen atoms in total. The Balaban J connectivity index is 0.000000162. The highest BCUT2D eigenvalue weighted by molar-refractivity contribution is 6.00. The molecule has 4 aromatic rings. The molecule has 178 valence electrons. The number of hydrogen-bond donors (Lipinski definition) is 4. The number of piperidine rings is 1. The van der Waals surface area contributed by atoms with E-state index >= 15 is 0 Å². The van der Waals surface area contributed by atoms with E-state index in [0.717, 1.165) is 53.8 Å². The van der Waals surface area contributed by atoms with E-state index in [2.05, 4.69) is 26.9 Å². The molecule has 3 aromatic heterocycles. The van der Waals surface area contributed by atoms with Crippen molar-refractivity contribution in [2.75, 3.05) is 23.7 Å². The van der Waals surface area contributed by atoms with E-state index in [-0.39, 0.29) is 17.4 Å². The van der Waals surface area contributed by atoms with Gasteiger partial charge in [-0.3, -0.25) is 4.68 Å². The lowest BCUT2D eigenvalue weighted by Crippen LogP contribution is -2.43. The van der Waals surface area contributed by atoms with Crippen LogP contribution in [0.5, 0.6) is 0 Å². The van der Waals surface area contributed by atoms with Crippen LogP contribution < -0.4 is 16.4 Å². The number of aromatic carboxylic acids is 1. The van der Waals surface area contributed by atoms with Gasteiger partial charge in [0.05, 0.1) is 35.1 Å². The van der Waals surface area contributed by atoms with Gasteiger partial charge in [0, 0.05) is 37.7 Å². The molecule has 0 saturated carbocycles. The van der Waals surface area contributed by atoms with Gasteiger partial charge in [0.1, 0.15) is 11.5 Å². The SMILES string of the molecule is Cc1cnc2[nH]cc(N)c2c1N1CCC[C@@H](N)C1.O=C(O)c1cnn(Cc2ccc(F)cc2)c1. The molecular formula is C24H28FN7O2. The fraction of sp³-hybridized carbons (Fsp3) is 0.292. The Morgan fingerprint density at radius 2 is 2.06 bits per heavy atom. The molecule has 1 saturated heterocycles. The molecule has 1 fully saturated rings. The molecule has 0 amide bonds. The zero-order chi connectivity index (χ0) is 24.2. The molecule has 1 aliphatic rings. The number of rotatable bonds is 4. The third-order valence-corrected chi connectivity index (χ3v) is 5.80. The zero-order valence-corrected chi connectivity index (χ0v) is 18.9. The van der Waals surface area contributed by atoms with Crippen LogP contribution in [0.4, 0.5) is 15.8 Å². The van der Waals surface area contributed by atoms with Crippen molar-refractivity contribution in [1.82, 2.24) is 19.7 Å². The quantitative estimate of drug-likeness (QED) is 0.363. The fourth-order valence-electron chi connectivity index (χ4n) is 4.16. The molecule has 1 aliphatic heterocycles. The average Bonchev–Trinajstić information content (AvgIpc) is 3.43. The van der Waals surface area contributed by atoms with Crippen LogP contribution in [0, 0.1) is 12.7 Å². The topological polar surface area (TPSA) is 139 Å². The van der Waals surface area contributed by atoms with Crippen LogP contribution in [-0.4, -0.2) is 50.0 Å². The Morgan fingerprint density at radius 3 is 2.74 bits per heavy atom. The van der Waals surface area contributed by atoms with E-state index in [9.17, 15) is 9.18 Å². The summed E-state index contributed by atoms with van der Waals surface area (Å²) in [6, 6.07) is 6.24. The summed E-state index contributed by atoms with van der Waals surface area (Å²) in [5, 5.41) is 13.6. The predicted molar refractivity (Wildman–Crippen MR) is 129 cm³/mol. The van der Waals surface area contributed by atoms with Crippen molar-refractivity contribution in [1.29, 1.82) is 0 Å². The minimum atomic E-state index is -1.01. The van der Waals surface area contributed by atoms with E-state index in [1.165, 1.54) is 34.9 Å². The first kappa shape index (κ1) is 23.2. The second kappa shape index (κ2) is 9.92. The lowest BCUT2D eigenvalue weighted by Gasteiger charge is -2.34. The van der Waals surface area contributed by atoms with Crippen LogP contribution in [0.2, 0.25) is 0 Å². The number of nitrogens with zero attached hydrogens (tertiary/aromatic N) is 4. The number of nitrogens with two attached hydrogens (primary N) is 2. The lowest BCUT2D eigenvalue weighted by molar-refractivity contribution is 0.0696. The first-order valence-corrected chi connectivity index (χ1v) is 11.0. The monoisotopic (exact) mass is 465 g/mol. The maximum absolute atomic E-state index is 12.6. The molecule has 0 radical (unpaired) electrons. The standard InChI is InChI=1S/C13H19N5.C11H9FN2O2/c1-8-5-16-13-11(10(15)6-17-13)12(8)18-4-2-3-9(14)7-18;12-10-3-1-8(2-4-10)6-14-7-9(5-13-14)11(15)16/h5-6,9H,2-4,7,14-15H2,1H3,(H,16,17);1-5,7H,6H2,(H,15,16)/t9-;/m1./s1. The number of fused-ring (bicyclic) bond motifs is 1. The molecule has 0 aliphatic carbocycles. The molecule has 6 N–H and O–H groups in total. The largest absolute Gasteiger partial charge is 0.478 e. The Kier molecular flexibility index (Phi) is 6.78. The van der Waals surface area contributed by atoms with E-state index in [1.54, 1.807) is 12.1 Å². The van der Waals surface area contributed by atoms with Gasteiger partial charge in [0.2, 0.25) is 0 Å². The normalized spacial score (nSPS) is 15.7. The summed E-state index contributed by atoms with van der Waals surface area (Å²) in [5.74, 6) is -1.30. The number of aryl methyl sites for hydroxylation is 1. The van der Waals surface area contributed by atoms with Gasteiger partial charge < -0.3 is 26.5 Å². The van der Waals surface area contributed by atoms with Crippen molar-refractivity contribution in [3.63, 3.8) is 0 Å². The van der Waals surface area contributed by atoms with Gasteiger partial charge in [-0.25, -0.2) is 14.2 Å². The molecule has 1 atom stereocenters. The first-order valence-electron chi connectivity index (χ1n) is 11.0. The third kappa shape index (κ3) is 5.18. The Bertz CT molecular complexity index is 1280. The number of benzene rings is 1. The number of carboxylic acids is 1. The van der Waals surface area contributed by atoms with E-state index in [4.69, 9.17) is 16.6 Å². The van der Waals surface area contributed by atoms with Crippen molar-refractivity contribution in [3.05, 3.63) is 71.6 Å². The Morgan fingerprint density at radius 1 is 1.29 bits per heavy atom. The first-order chi connectivity index (χ1) is 16.3. The summed E-state index contributed by atoms with van der Waals surface area (Å²) in [4.78, 5) is 20.4. The minimum Gasteiger partial charge on any atom is -0.478 e. The summed E-state index contributed by atoms with van der Waals surface area (Å²) in [6.45, 7) is 4.44. The maximum Gasteiger partial charge on any atom is 0.338 e. The van der Waals surface area contributed by atoms with E-state index in [0.29, 0.717) is 6.54 Å².